The molecule has 0 aliphatic heterocycles. The number of hydrogen-bond acceptors (Lipinski definition) is 2. The average Bonchev–Trinajstić information content (AvgIpc) is 2.30. The summed E-state index contributed by atoms with van der Waals surface area (Å²) in [6.07, 6.45) is 3.66. The summed E-state index contributed by atoms with van der Waals surface area (Å²) in [6.45, 7) is 0. The fourth-order valence-electron chi connectivity index (χ4n) is 1.18. The monoisotopic (exact) mass is 279 g/mol. The van der Waals surface area contributed by atoms with Crippen molar-refractivity contribution in [3.8, 4) is 0 Å². The lowest BCUT2D eigenvalue weighted by Crippen LogP contribution is -1.80. The van der Waals surface area contributed by atoms with E-state index in [4.69, 9.17) is 0 Å². The van der Waals surface area contributed by atoms with Crippen LogP contribution in [0.2, 0.25) is 0 Å². The van der Waals surface area contributed by atoms with Crippen molar-refractivity contribution < 1.29 is 0 Å². The normalized spacial score (nSPS) is 10.2. The van der Waals surface area contributed by atoms with Crippen molar-refractivity contribution in [3.05, 3.63) is 58.8 Å². The first-order valence-corrected chi connectivity index (χ1v) is 6.40. The van der Waals surface area contributed by atoms with Crippen molar-refractivity contribution in [2.75, 3.05) is 0 Å². The number of thioether (sulfide) groups is 1. The van der Waals surface area contributed by atoms with Crippen LogP contribution in [0.4, 0.5) is 0 Å². The Bertz CT molecular complexity index is 413. The highest BCUT2D eigenvalue weighted by molar-refractivity contribution is 9.10. The van der Waals surface area contributed by atoms with Crippen molar-refractivity contribution >= 4 is 27.7 Å². The van der Waals surface area contributed by atoms with Crippen molar-refractivity contribution in [1.82, 2.24) is 4.98 Å². The lowest BCUT2D eigenvalue weighted by Gasteiger charge is -2.01. The molecule has 0 amide bonds. The van der Waals surface area contributed by atoms with Gasteiger partial charge in [-0.3, -0.25) is 4.98 Å². The number of nitrogens with zero attached hydrogens (tertiary/aromatic N) is 1. The maximum absolute atomic E-state index is 4.00. The van der Waals surface area contributed by atoms with E-state index in [1.807, 2.05) is 36.3 Å². The van der Waals surface area contributed by atoms with Gasteiger partial charge in [-0.2, -0.15) is 0 Å². The highest BCUT2D eigenvalue weighted by Gasteiger charge is 1.95. The van der Waals surface area contributed by atoms with E-state index in [0.717, 1.165) is 10.2 Å². The highest BCUT2D eigenvalue weighted by Crippen LogP contribution is 2.23. The lowest BCUT2D eigenvalue weighted by atomic mass is 10.3. The van der Waals surface area contributed by atoms with E-state index in [-0.39, 0.29) is 0 Å². The van der Waals surface area contributed by atoms with Crippen LogP contribution < -0.4 is 0 Å². The van der Waals surface area contributed by atoms with Crippen LogP contribution in [-0.2, 0) is 5.75 Å². The minimum Gasteiger partial charge on any atom is -0.265 e. The molecule has 3 heteroatoms. The molecule has 0 atom stereocenters. The zero-order chi connectivity index (χ0) is 10.5. The predicted octanol–water partition coefficient (Wildman–Crippen LogP) is 4.14. The molecule has 0 bridgehead atoms. The quantitative estimate of drug-likeness (QED) is 0.784. The topological polar surface area (TPSA) is 12.9 Å². The van der Waals surface area contributed by atoms with Crippen LogP contribution in [0.25, 0.3) is 0 Å². The third-order valence-corrected chi connectivity index (χ3v) is 3.58. The molecule has 0 aliphatic rings. The molecule has 0 fully saturated rings. The molecule has 0 saturated heterocycles. The molecule has 1 aromatic heterocycles. The zero-order valence-corrected chi connectivity index (χ0v) is 10.5. The van der Waals surface area contributed by atoms with Gasteiger partial charge in [0.2, 0.25) is 0 Å². The molecule has 1 aromatic carbocycles. The van der Waals surface area contributed by atoms with E-state index >= 15 is 0 Å². The molecular weight excluding hydrogens is 270 g/mol. The largest absolute Gasteiger partial charge is 0.265 e. The summed E-state index contributed by atoms with van der Waals surface area (Å²) in [5.41, 5.74) is 1.30. The molecule has 15 heavy (non-hydrogen) atoms. The van der Waals surface area contributed by atoms with E-state index in [9.17, 15) is 0 Å². The Morgan fingerprint density at radius 2 is 1.67 bits per heavy atom. The van der Waals surface area contributed by atoms with Crippen molar-refractivity contribution in [1.29, 1.82) is 0 Å². The van der Waals surface area contributed by atoms with Crippen molar-refractivity contribution in [3.63, 3.8) is 0 Å². The van der Waals surface area contributed by atoms with Crippen LogP contribution in [0.15, 0.2) is 58.2 Å². The van der Waals surface area contributed by atoms with Gasteiger partial charge >= 0.3 is 0 Å². The maximum atomic E-state index is 4.00. The van der Waals surface area contributed by atoms with Gasteiger partial charge in [-0.15, -0.1) is 11.8 Å². The standard InChI is InChI=1S/C12H10BrNS/c13-11-1-3-12(4-2-11)15-9-10-5-7-14-8-6-10/h1-8H,9H2. The second-order valence-corrected chi connectivity index (χ2v) is 5.06. The van der Waals surface area contributed by atoms with Crippen LogP contribution in [0.3, 0.4) is 0 Å². The first-order chi connectivity index (χ1) is 7.34. The second kappa shape index (κ2) is 5.33. The minimum atomic E-state index is 0.990. The summed E-state index contributed by atoms with van der Waals surface area (Å²) in [7, 11) is 0. The van der Waals surface area contributed by atoms with E-state index in [2.05, 4.69) is 45.2 Å². The SMILES string of the molecule is Brc1ccc(SCc2ccncc2)cc1. The molecule has 0 radical (unpaired) electrons. The Balaban J connectivity index is 1.96. The van der Waals surface area contributed by atoms with Gasteiger partial charge in [0.1, 0.15) is 0 Å². The summed E-state index contributed by atoms with van der Waals surface area (Å²) in [5, 5.41) is 0. The molecule has 1 nitrogen and oxygen atoms in total. The smallest absolute Gasteiger partial charge is 0.0270 e. The molecule has 0 spiro atoms. The van der Waals surface area contributed by atoms with Crippen LogP contribution in [0.5, 0.6) is 0 Å². The number of aromatic nitrogens is 1. The number of hydrogen-bond donors (Lipinski definition) is 0. The molecule has 2 aromatic rings. The summed E-state index contributed by atoms with van der Waals surface area (Å²) in [6, 6.07) is 12.5. The lowest BCUT2D eigenvalue weighted by molar-refractivity contribution is 1.27. The van der Waals surface area contributed by atoms with Gasteiger partial charge in [-0.05, 0) is 42.0 Å². The molecule has 1 heterocycles. The van der Waals surface area contributed by atoms with Gasteiger partial charge in [0.25, 0.3) is 0 Å². The maximum Gasteiger partial charge on any atom is 0.0270 e. The molecule has 0 unspecified atom stereocenters. The van der Waals surface area contributed by atoms with Gasteiger partial charge in [0.15, 0.2) is 0 Å². The Labute approximate surface area is 102 Å². The second-order valence-electron chi connectivity index (χ2n) is 3.10. The Morgan fingerprint density at radius 3 is 2.33 bits per heavy atom. The molecule has 2 rings (SSSR count). The summed E-state index contributed by atoms with van der Waals surface area (Å²) < 4.78 is 1.12. The number of benzene rings is 1. The highest BCUT2D eigenvalue weighted by atomic mass is 79.9. The minimum absolute atomic E-state index is 0.990. The van der Waals surface area contributed by atoms with Crippen LogP contribution in [0.1, 0.15) is 5.56 Å². The van der Waals surface area contributed by atoms with Gasteiger partial charge < -0.3 is 0 Å². The third kappa shape index (κ3) is 3.36. The Morgan fingerprint density at radius 1 is 1.00 bits per heavy atom. The molecule has 76 valence electrons. The van der Waals surface area contributed by atoms with Gasteiger partial charge in [0.05, 0.1) is 0 Å². The van der Waals surface area contributed by atoms with E-state index in [0.29, 0.717) is 0 Å². The fourth-order valence-corrected chi connectivity index (χ4v) is 2.30. The summed E-state index contributed by atoms with van der Waals surface area (Å²) in [5.74, 6) is 0.990. The predicted molar refractivity (Wildman–Crippen MR) is 67.9 cm³/mol. The first kappa shape index (κ1) is 10.7. The van der Waals surface area contributed by atoms with E-state index < -0.39 is 0 Å². The molecule has 0 saturated carbocycles. The third-order valence-electron chi connectivity index (χ3n) is 1.97. The van der Waals surface area contributed by atoms with E-state index in [1.54, 1.807) is 0 Å². The Kier molecular flexibility index (Phi) is 3.80. The summed E-state index contributed by atoms with van der Waals surface area (Å²) in [4.78, 5) is 5.28. The molecule has 0 N–H and O–H groups in total. The molecular formula is C12H10BrNS. The zero-order valence-electron chi connectivity index (χ0n) is 8.06. The summed E-state index contributed by atoms with van der Waals surface area (Å²) >= 11 is 5.26. The Hall–Kier alpha value is -0.800. The van der Waals surface area contributed by atoms with Crippen LogP contribution in [0, 0.1) is 0 Å². The fraction of sp³-hybridized carbons (Fsp3) is 0.0833. The van der Waals surface area contributed by atoms with Gasteiger partial charge in [-0.25, -0.2) is 0 Å². The van der Waals surface area contributed by atoms with Gasteiger partial charge in [-0.1, -0.05) is 15.9 Å². The number of pyridine rings is 1. The van der Waals surface area contributed by atoms with Crippen molar-refractivity contribution in [2.45, 2.75) is 10.6 Å². The number of halogens is 1. The van der Waals surface area contributed by atoms with Crippen molar-refractivity contribution in [2.24, 2.45) is 0 Å². The van der Waals surface area contributed by atoms with Crippen LogP contribution >= 0.6 is 27.7 Å². The van der Waals surface area contributed by atoms with Gasteiger partial charge in [0, 0.05) is 27.5 Å². The average molecular weight is 280 g/mol. The first-order valence-electron chi connectivity index (χ1n) is 4.62. The molecule has 0 aliphatic carbocycles. The van der Waals surface area contributed by atoms with E-state index in [1.165, 1.54) is 10.5 Å². The van der Waals surface area contributed by atoms with Crippen LogP contribution in [-0.4, -0.2) is 4.98 Å². The number of rotatable bonds is 3.